The standard InChI is InChI=1S/C14H17F3O3/c1-10(6-7-19-2)9-20-13(18)11-4-3-5-12(8-11)14(15,16)17/h3-5,8,10H,6-7,9H2,1-2H3. The van der Waals surface area contributed by atoms with Gasteiger partial charge in [0.2, 0.25) is 0 Å². The van der Waals surface area contributed by atoms with Gasteiger partial charge in [-0.3, -0.25) is 0 Å². The summed E-state index contributed by atoms with van der Waals surface area (Å²) in [5.41, 5.74) is -0.960. The van der Waals surface area contributed by atoms with Crippen molar-refractivity contribution in [3.05, 3.63) is 35.4 Å². The first-order valence-electron chi connectivity index (χ1n) is 6.18. The van der Waals surface area contributed by atoms with E-state index >= 15 is 0 Å². The molecule has 0 aliphatic heterocycles. The molecule has 3 nitrogen and oxygen atoms in total. The van der Waals surface area contributed by atoms with Crippen LogP contribution in [-0.2, 0) is 15.7 Å². The first-order chi connectivity index (χ1) is 9.34. The molecule has 112 valence electrons. The van der Waals surface area contributed by atoms with Crippen molar-refractivity contribution >= 4 is 5.97 Å². The minimum Gasteiger partial charge on any atom is -0.462 e. The summed E-state index contributed by atoms with van der Waals surface area (Å²) in [5.74, 6) is -0.662. The average molecular weight is 290 g/mol. The maximum absolute atomic E-state index is 12.5. The number of benzene rings is 1. The first-order valence-corrected chi connectivity index (χ1v) is 6.18. The van der Waals surface area contributed by atoms with Crippen LogP contribution in [0.2, 0.25) is 0 Å². The number of hydrogen-bond donors (Lipinski definition) is 0. The molecule has 0 saturated carbocycles. The lowest BCUT2D eigenvalue weighted by Gasteiger charge is -2.12. The molecule has 0 aliphatic carbocycles. The highest BCUT2D eigenvalue weighted by molar-refractivity contribution is 5.89. The van der Waals surface area contributed by atoms with E-state index in [0.717, 1.165) is 12.1 Å². The van der Waals surface area contributed by atoms with Gasteiger partial charge in [0.15, 0.2) is 0 Å². The van der Waals surface area contributed by atoms with Gasteiger partial charge in [-0.15, -0.1) is 0 Å². The fourth-order valence-corrected chi connectivity index (χ4v) is 1.53. The number of rotatable bonds is 6. The summed E-state index contributed by atoms with van der Waals surface area (Å²) < 4.78 is 47.4. The smallest absolute Gasteiger partial charge is 0.416 e. The van der Waals surface area contributed by atoms with Crippen LogP contribution in [0.25, 0.3) is 0 Å². The van der Waals surface area contributed by atoms with Gasteiger partial charge in [-0.2, -0.15) is 13.2 Å². The molecule has 0 heterocycles. The molecule has 0 bridgehead atoms. The third-order valence-electron chi connectivity index (χ3n) is 2.74. The molecule has 0 fully saturated rings. The van der Waals surface area contributed by atoms with E-state index in [1.165, 1.54) is 12.1 Å². The summed E-state index contributed by atoms with van der Waals surface area (Å²) in [6, 6.07) is 4.20. The molecule has 0 N–H and O–H groups in total. The SMILES string of the molecule is COCCC(C)COC(=O)c1cccc(C(F)(F)F)c1. The van der Waals surface area contributed by atoms with Crippen molar-refractivity contribution in [2.24, 2.45) is 5.92 Å². The van der Waals surface area contributed by atoms with Gasteiger partial charge in [0.25, 0.3) is 0 Å². The van der Waals surface area contributed by atoms with Crippen molar-refractivity contribution in [2.75, 3.05) is 20.3 Å². The van der Waals surface area contributed by atoms with E-state index < -0.39 is 17.7 Å². The van der Waals surface area contributed by atoms with Gasteiger partial charge in [-0.25, -0.2) is 4.79 Å². The van der Waals surface area contributed by atoms with Gasteiger partial charge in [-0.1, -0.05) is 13.0 Å². The van der Waals surface area contributed by atoms with Crippen molar-refractivity contribution in [1.82, 2.24) is 0 Å². The molecule has 1 aromatic carbocycles. The van der Waals surface area contributed by atoms with Gasteiger partial charge in [0, 0.05) is 13.7 Å². The van der Waals surface area contributed by atoms with Gasteiger partial charge in [-0.05, 0) is 30.5 Å². The van der Waals surface area contributed by atoms with Crippen molar-refractivity contribution in [3.8, 4) is 0 Å². The van der Waals surface area contributed by atoms with Crippen LogP contribution in [-0.4, -0.2) is 26.3 Å². The highest BCUT2D eigenvalue weighted by Crippen LogP contribution is 2.29. The normalized spacial score (nSPS) is 13.1. The Morgan fingerprint density at radius 1 is 1.35 bits per heavy atom. The molecule has 1 atom stereocenters. The van der Waals surface area contributed by atoms with E-state index in [0.29, 0.717) is 13.0 Å². The number of esters is 1. The number of carbonyl (C=O) groups is 1. The van der Waals surface area contributed by atoms with Crippen LogP contribution in [0, 0.1) is 5.92 Å². The maximum atomic E-state index is 12.5. The number of carbonyl (C=O) groups excluding carboxylic acids is 1. The second-order valence-corrected chi connectivity index (χ2v) is 4.56. The Kier molecular flexibility index (Phi) is 6.01. The molecule has 0 saturated heterocycles. The van der Waals surface area contributed by atoms with E-state index in [1.54, 1.807) is 7.11 Å². The molecule has 0 amide bonds. The van der Waals surface area contributed by atoms with Crippen LogP contribution in [0.3, 0.4) is 0 Å². The van der Waals surface area contributed by atoms with Crippen LogP contribution >= 0.6 is 0 Å². The highest BCUT2D eigenvalue weighted by atomic mass is 19.4. The Labute approximate surface area is 115 Å². The fraction of sp³-hybridized carbons (Fsp3) is 0.500. The maximum Gasteiger partial charge on any atom is 0.416 e. The first kappa shape index (κ1) is 16.5. The summed E-state index contributed by atoms with van der Waals surface area (Å²) in [5, 5.41) is 0. The molecule has 6 heteroatoms. The van der Waals surface area contributed by atoms with Gasteiger partial charge in [0.1, 0.15) is 0 Å². The zero-order valence-electron chi connectivity index (χ0n) is 11.4. The number of alkyl halides is 3. The molecule has 1 unspecified atom stereocenters. The van der Waals surface area contributed by atoms with Crippen LogP contribution in [0.5, 0.6) is 0 Å². The molecule has 0 aliphatic rings. The number of methoxy groups -OCH3 is 1. The monoisotopic (exact) mass is 290 g/mol. The predicted molar refractivity (Wildman–Crippen MR) is 67.4 cm³/mol. The largest absolute Gasteiger partial charge is 0.462 e. The van der Waals surface area contributed by atoms with Gasteiger partial charge in [0.05, 0.1) is 17.7 Å². The minimum atomic E-state index is -4.47. The summed E-state index contributed by atoms with van der Waals surface area (Å²) in [6.07, 6.45) is -3.76. The van der Waals surface area contributed by atoms with Crippen molar-refractivity contribution < 1.29 is 27.4 Å². The average Bonchev–Trinajstić information content (AvgIpc) is 2.41. The Morgan fingerprint density at radius 3 is 2.65 bits per heavy atom. The Hall–Kier alpha value is -1.56. The lowest BCUT2D eigenvalue weighted by atomic mass is 10.1. The van der Waals surface area contributed by atoms with Crippen molar-refractivity contribution in [2.45, 2.75) is 19.5 Å². The third-order valence-corrected chi connectivity index (χ3v) is 2.74. The number of ether oxygens (including phenoxy) is 2. The van der Waals surface area contributed by atoms with Crippen molar-refractivity contribution in [1.29, 1.82) is 0 Å². The third kappa shape index (κ3) is 5.21. The predicted octanol–water partition coefficient (Wildman–Crippen LogP) is 3.53. The minimum absolute atomic E-state index is 0.0877. The molecule has 0 spiro atoms. The van der Waals surface area contributed by atoms with E-state index in [4.69, 9.17) is 9.47 Å². The van der Waals surface area contributed by atoms with Gasteiger partial charge >= 0.3 is 12.1 Å². The molecule has 0 aromatic heterocycles. The van der Waals surface area contributed by atoms with E-state index in [2.05, 4.69) is 0 Å². The summed E-state index contributed by atoms with van der Waals surface area (Å²) in [7, 11) is 1.57. The Bertz CT molecular complexity index is 444. The van der Waals surface area contributed by atoms with E-state index in [1.807, 2.05) is 6.92 Å². The molecule has 20 heavy (non-hydrogen) atoms. The summed E-state index contributed by atoms with van der Waals surface area (Å²) in [4.78, 5) is 11.7. The second kappa shape index (κ2) is 7.28. The topological polar surface area (TPSA) is 35.5 Å². The van der Waals surface area contributed by atoms with E-state index in [9.17, 15) is 18.0 Å². The molecular weight excluding hydrogens is 273 g/mol. The quantitative estimate of drug-likeness (QED) is 0.752. The number of halogens is 3. The van der Waals surface area contributed by atoms with Gasteiger partial charge < -0.3 is 9.47 Å². The molecule has 1 rings (SSSR count). The van der Waals surface area contributed by atoms with Crippen LogP contribution < -0.4 is 0 Å². The summed E-state index contributed by atoms with van der Waals surface area (Å²) in [6.45, 7) is 2.57. The van der Waals surface area contributed by atoms with E-state index in [-0.39, 0.29) is 18.1 Å². The second-order valence-electron chi connectivity index (χ2n) is 4.56. The molecular formula is C14H17F3O3. The highest BCUT2D eigenvalue weighted by Gasteiger charge is 2.31. The fourth-order valence-electron chi connectivity index (χ4n) is 1.53. The van der Waals surface area contributed by atoms with Crippen LogP contribution in [0.4, 0.5) is 13.2 Å². The summed E-state index contributed by atoms with van der Waals surface area (Å²) >= 11 is 0. The zero-order chi connectivity index (χ0) is 15.2. The van der Waals surface area contributed by atoms with Crippen LogP contribution in [0.15, 0.2) is 24.3 Å². The molecule has 0 radical (unpaired) electrons. The molecule has 1 aromatic rings. The Balaban J connectivity index is 2.60. The number of hydrogen-bond acceptors (Lipinski definition) is 3. The lowest BCUT2D eigenvalue weighted by molar-refractivity contribution is -0.137. The lowest BCUT2D eigenvalue weighted by Crippen LogP contribution is -2.14. The Morgan fingerprint density at radius 2 is 2.05 bits per heavy atom. The van der Waals surface area contributed by atoms with Crippen LogP contribution in [0.1, 0.15) is 29.3 Å². The zero-order valence-corrected chi connectivity index (χ0v) is 11.4. The van der Waals surface area contributed by atoms with Crippen molar-refractivity contribution in [3.63, 3.8) is 0 Å².